The van der Waals surface area contributed by atoms with E-state index in [2.05, 4.69) is 40.4 Å². The van der Waals surface area contributed by atoms with Crippen molar-refractivity contribution in [1.29, 1.82) is 0 Å². The van der Waals surface area contributed by atoms with Crippen molar-refractivity contribution in [2.45, 2.75) is 76.6 Å². The Morgan fingerprint density at radius 2 is 1.62 bits per heavy atom. The molecule has 1 saturated heterocycles. The van der Waals surface area contributed by atoms with Crippen LogP contribution >= 0.6 is 11.8 Å². The van der Waals surface area contributed by atoms with Gasteiger partial charge in [-0.1, -0.05) is 45.2 Å². The molecule has 10 radical (unpaired) electrons. The molecule has 3 fully saturated rings. The first-order valence-electron chi connectivity index (χ1n) is 13.2. The molecule has 2 amide bonds. The molecule has 0 spiro atoms. The molecule has 10 heteroatoms. The van der Waals surface area contributed by atoms with Crippen LogP contribution in [-0.2, 0) is 45.4 Å². The number of β-lactam (4-membered cyclic amide) rings is 1. The Labute approximate surface area is 257 Å². The largest absolute Gasteiger partial charge is 2.00 e. The van der Waals surface area contributed by atoms with E-state index in [4.69, 9.17) is 9.16 Å². The predicted octanol–water partition coefficient (Wildman–Crippen LogP) is 5.29. The van der Waals surface area contributed by atoms with Crippen molar-refractivity contribution in [1.82, 2.24) is 4.90 Å². The van der Waals surface area contributed by atoms with Crippen LogP contribution in [0.4, 0.5) is 0 Å². The molecule has 0 bridgehead atoms. The average molecular weight is 628 g/mol. The van der Waals surface area contributed by atoms with Crippen LogP contribution in [0.2, 0.25) is 18.1 Å². The molecule has 2 aliphatic carbocycles. The van der Waals surface area contributed by atoms with E-state index in [1.54, 1.807) is 6.92 Å². The Kier molecular flexibility index (Phi) is 16.0. The molecule has 0 aromatic rings. The number of hydrogen-bond acceptors (Lipinski definition) is 7. The zero-order chi connectivity index (χ0) is 29.2. The minimum Gasteiger partial charge on any atom is -0.454 e. The molecule has 0 aromatic carbocycles. The van der Waals surface area contributed by atoms with Crippen LogP contribution in [0.15, 0.2) is 12.7 Å². The second-order valence-electron chi connectivity index (χ2n) is 11.0. The minimum atomic E-state index is -2.21. The first-order valence-corrected chi connectivity index (χ1v) is 17.0. The Bertz CT molecular complexity index is 859. The van der Waals surface area contributed by atoms with E-state index in [0.29, 0.717) is 12.8 Å². The Morgan fingerprint density at radius 1 is 1.07 bits per heavy atom. The SMILES string of the molecule is C=CCOC(=O)C(=O)N1C(=O)[C@H]([C@@H](C)O[Si](C)(C)C(C)(C)C)[C@H]1SC(=O)CCC[C]1[CH][CH][CH][CH]1.[CH]1[CH][CH][CH][CH]1.[Fe+2]. The fraction of sp³-hybridized carbons (Fsp3) is 0.467. The molecule has 0 N–H and O–H groups in total. The second-order valence-corrected chi connectivity index (χ2v) is 16.9. The summed E-state index contributed by atoms with van der Waals surface area (Å²) in [5.74, 6) is -2.26. The number of rotatable bonds is 10. The summed E-state index contributed by atoms with van der Waals surface area (Å²) in [5, 5.41) is -1.01. The van der Waals surface area contributed by atoms with Gasteiger partial charge in [-0.3, -0.25) is 19.3 Å². The van der Waals surface area contributed by atoms with E-state index in [0.717, 1.165) is 29.0 Å². The minimum absolute atomic E-state index is 0. The standard InChI is InChI=1S/C25H36NO6SSi.C5H5.Fe/c1-8-16-31-24(30)22(29)26-21(28)20(17(2)32-34(6,7)25(3,4)5)23(26)33-19(27)15-11-14-18-12-9-10-13-18;1-2-4-5-3-1;/h8-10,12-13,17,20,23H,1,11,14-16H2,2-7H3;1-5H;/q;;+2/t17-,20+,23-;;/m1../s1. The van der Waals surface area contributed by atoms with Crippen LogP contribution in [0, 0.1) is 69.6 Å². The van der Waals surface area contributed by atoms with Gasteiger partial charge in [0.2, 0.25) is 5.91 Å². The number of ether oxygens (including phenoxy) is 1. The summed E-state index contributed by atoms with van der Waals surface area (Å²) in [4.78, 5) is 51.4. The summed E-state index contributed by atoms with van der Waals surface area (Å²) in [6.07, 6.45) is 20.5. The molecular formula is C30H41FeNO6SSi+2. The predicted molar refractivity (Wildman–Crippen MR) is 156 cm³/mol. The van der Waals surface area contributed by atoms with Gasteiger partial charge in [0.05, 0.1) is 12.0 Å². The topological polar surface area (TPSA) is 90.0 Å². The van der Waals surface area contributed by atoms with Crippen molar-refractivity contribution in [2.75, 3.05) is 6.61 Å². The molecule has 40 heavy (non-hydrogen) atoms. The van der Waals surface area contributed by atoms with Gasteiger partial charge in [0.15, 0.2) is 13.4 Å². The van der Waals surface area contributed by atoms with E-state index in [-0.39, 0.29) is 33.8 Å². The van der Waals surface area contributed by atoms with Crippen LogP contribution < -0.4 is 0 Å². The third-order valence-electron chi connectivity index (χ3n) is 6.99. The van der Waals surface area contributed by atoms with Gasteiger partial charge < -0.3 is 9.16 Å². The Hall–Kier alpha value is -0.934. The number of carbonyl (C=O) groups excluding carboxylic acids is 4. The molecule has 7 nitrogen and oxygen atoms in total. The third-order valence-corrected chi connectivity index (χ3v) is 12.8. The van der Waals surface area contributed by atoms with Crippen molar-refractivity contribution >= 4 is 43.0 Å². The van der Waals surface area contributed by atoms with Crippen molar-refractivity contribution in [3.63, 3.8) is 0 Å². The fourth-order valence-corrected chi connectivity index (χ4v) is 6.55. The number of carbonyl (C=O) groups is 4. The summed E-state index contributed by atoms with van der Waals surface area (Å²) in [7, 11) is -2.21. The van der Waals surface area contributed by atoms with Gasteiger partial charge in [-0.2, -0.15) is 0 Å². The summed E-state index contributed by atoms with van der Waals surface area (Å²) in [6, 6.07) is 0. The normalized spacial score (nSPS) is 21.9. The molecule has 218 valence electrons. The van der Waals surface area contributed by atoms with Gasteiger partial charge >= 0.3 is 28.9 Å². The molecule has 2 saturated carbocycles. The van der Waals surface area contributed by atoms with Crippen LogP contribution in [0.5, 0.6) is 0 Å². The summed E-state index contributed by atoms with van der Waals surface area (Å²) in [6.45, 7) is 15.6. The van der Waals surface area contributed by atoms with Crippen LogP contribution in [-0.4, -0.2) is 54.2 Å². The molecule has 3 aliphatic rings. The van der Waals surface area contributed by atoms with E-state index in [1.165, 1.54) is 6.08 Å². The van der Waals surface area contributed by atoms with Crippen molar-refractivity contribution in [3.05, 3.63) is 76.4 Å². The quantitative estimate of drug-likeness (QED) is 0.107. The van der Waals surface area contributed by atoms with E-state index in [9.17, 15) is 19.2 Å². The van der Waals surface area contributed by atoms with E-state index < -0.39 is 43.5 Å². The van der Waals surface area contributed by atoms with Gasteiger partial charge in [-0.05, 0) is 102 Å². The van der Waals surface area contributed by atoms with Crippen LogP contribution in [0.25, 0.3) is 0 Å². The fourth-order valence-electron chi connectivity index (χ4n) is 3.80. The summed E-state index contributed by atoms with van der Waals surface area (Å²) in [5.41, 5.74) is 0. The van der Waals surface area contributed by atoms with Gasteiger partial charge in [0, 0.05) is 6.42 Å². The number of amides is 2. The second kappa shape index (κ2) is 17.2. The van der Waals surface area contributed by atoms with Gasteiger partial charge in [-0.25, -0.2) is 4.79 Å². The van der Waals surface area contributed by atoms with Crippen LogP contribution in [0.1, 0.15) is 47.0 Å². The number of esters is 1. The monoisotopic (exact) mass is 627 g/mol. The number of hydrogen-bond donors (Lipinski definition) is 0. The Balaban J connectivity index is 0.00000120. The average Bonchev–Trinajstić information content (AvgIpc) is 3.58. The van der Waals surface area contributed by atoms with Gasteiger partial charge in [0.25, 0.3) is 0 Å². The maximum Gasteiger partial charge on any atom is 2.00 e. The smallest absolute Gasteiger partial charge is 0.454 e. The molecular weight excluding hydrogens is 586 g/mol. The number of imide groups is 1. The summed E-state index contributed by atoms with van der Waals surface area (Å²) >= 11 is 0.928. The van der Waals surface area contributed by atoms with Crippen LogP contribution in [0.3, 0.4) is 0 Å². The Morgan fingerprint density at radius 3 is 2.12 bits per heavy atom. The summed E-state index contributed by atoms with van der Waals surface area (Å²) < 4.78 is 11.2. The molecule has 3 rings (SSSR count). The molecule has 1 aliphatic heterocycles. The maximum atomic E-state index is 13.0. The van der Waals surface area contributed by atoms with Gasteiger partial charge in [-0.15, -0.1) is 0 Å². The third kappa shape index (κ3) is 10.7. The zero-order valence-corrected chi connectivity index (χ0v) is 27.1. The molecule has 3 atom stereocenters. The van der Waals surface area contributed by atoms with Crippen molar-refractivity contribution < 1.29 is 45.4 Å². The first-order chi connectivity index (χ1) is 18.3. The number of nitrogens with zero attached hydrogens (tertiary/aromatic N) is 1. The van der Waals surface area contributed by atoms with E-state index >= 15 is 0 Å². The zero-order valence-electron chi connectivity index (χ0n) is 24.2. The first kappa shape index (κ1) is 37.1. The van der Waals surface area contributed by atoms with Gasteiger partial charge in [0.1, 0.15) is 12.0 Å². The van der Waals surface area contributed by atoms with E-state index in [1.807, 2.05) is 57.8 Å². The number of thioether (sulfide) groups is 1. The number of likely N-dealkylation sites (tertiary alicyclic amines) is 1. The molecule has 0 aromatic heterocycles. The van der Waals surface area contributed by atoms with Crippen molar-refractivity contribution in [2.24, 2.45) is 5.92 Å². The molecule has 1 heterocycles. The molecule has 0 unspecified atom stereocenters. The van der Waals surface area contributed by atoms with Crippen molar-refractivity contribution in [3.8, 4) is 0 Å². The maximum absolute atomic E-state index is 13.0.